The Morgan fingerprint density at radius 1 is 1.44 bits per heavy atom. The summed E-state index contributed by atoms with van der Waals surface area (Å²) in [6.07, 6.45) is 0.547. The quantitative estimate of drug-likeness (QED) is 0.768. The third kappa shape index (κ3) is 1.68. The molecule has 0 aromatic heterocycles. The van der Waals surface area contributed by atoms with E-state index in [2.05, 4.69) is 6.07 Å². The van der Waals surface area contributed by atoms with Crippen LogP contribution in [0.4, 0.5) is 5.69 Å². The topological polar surface area (TPSA) is 62.3 Å². The van der Waals surface area contributed by atoms with Crippen LogP contribution in [0.25, 0.3) is 0 Å². The van der Waals surface area contributed by atoms with Gasteiger partial charge in [0.05, 0.1) is 5.57 Å². The SMILES string of the molecule is CN(C)c1ccc2c(c1)OC(N)=C(C#N)C2. The first-order valence-corrected chi connectivity index (χ1v) is 4.98. The number of benzene rings is 1. The molecule has 1 aromatic rings. The van der Waals surface area contributed by atoms with Gasteiger partial charge in [0.2, 0.25) is 5.88 Å². The molecule has 1 heterocycles. The molecule has 2 N–H and O–H groups in total. The van der Waals surface area contributed by atoms with Crippen molar-refractivity contribution in [2.24, 2.45) is 5.73 Å². The largest absolute Gasteiger partial charge is 0.440 e. The molecule has 0 spiro atoms. The molecule has 1 aromatic carbocycles. The molecule has 1 aliphatic rings. The van der Waals surface area contributed by atoms with Crippen molar-refractivity contribution in [1.29, 1.82) is 5.26 Å². The molecular weight excluding hydrogens is 202 g/mol. The smallest absolute Gasteiger partial charge is 0.205 e. The molecule has 0 saturated carbocycles. The Morgan fingerprint density at radius 3 is 2.81 bits per heavy atom. The van der Waals surface area contributed by atoms with Crippen LogP contribution in [0.3, 0.4) is 0 Å². The van der Waals surface area contributed by atoms with Crippen LogP contribution in [0.5, 0.6) is 5.75 Å². The second kappa shape index (κ2) is 3.78. The Morgan fingerprint density at radius 2 is 2.19 bits per heavy atom. The van der Waals surface area contributed by atoms with Crippen LogP contribution in [0.1, 0.15) is 5.56 Å². The average molecular weight is 215 g/mol. The van der Waals surface area contributed by atoms with E-state index in [4.69, 9.17) is 15.7 Å². The predicted molar refractivity (Wildman–Crippen MR) is 61.9 cm³/mol. The first-order valence-electron chi connectivity index (χ1n) is 4.98. The lowest BCUT2D eigenvalue weighted by Crippen LogP contribution is -2.17. The van der Waals surface area contributed by atoms with Crippen LogP contribution >= 0.6 is 0 Å². The Kier molecular flexibility index (Phi) is 2.45. The van der Waals surface area contributed by atoms with Crippen molar-refractivity contribution in [1.82, 2.24) is 0 Å². The summed E-state index contributed by atoms with van der Waals surface area (Å²) in [5, 5.41) is 8.85. The lowest BCUT2D eigenvalue weighted by atomic mass is 10.0. The summed E-state index contributed by atoms with van der Waals surface area (Å²) >= 11 is 0. The van der Waals surface area contributed by atoms with Gasteiger partial charge in [-0.3, -0.25) is 0 Å². The van der Waals surface area contributed by atoms with Gasteiger partial charge >= 0.3 is 0 Å². The first kappa shape index (κ1) is 10.4. The number of rotatable bonds is 1. The molecule has 82 valence electrons. The molecule has 0 unspecified atom stereocenters. The standard InChI is InChI=1S/C12H13N3O/c1-15(2)10-4-3-8-5-9(7-13)12(14)16-11(8)6-10/h3-4,6H,5,14H2,1-2H3. The zero-order chi connectivity index (χ0) is 11.7. The van der Waals surface area contributed by atoms with Crippen LogP contribution in [0.15, 0.2) is 29.7 Å². The van der Waals surface area contributed by atoms with Gasteiger partial charge < -0.3 is 15.4 Å². The Labute approximate surface area is 94.5 Å². The van der Waals surface area contributed by atoms with Gasteiger partial charge in [0, 0.05) is 37.8 Å². The predicted octanol–water partition coefficient (Wildman–Crippen LogP) is 1.38. The number of fused-ring (bicyclic) bond motifs is 1. The lowest BCUT2D eigenvalue weighted by Gasteiger charge is -2.20. The third-order valence-electron chi connectivity index (χ3n) is 2.59. The molecule has 0 fully saturated rings. The van der Waals surface area contributed by atoms with E-state index >= 15 is 0 Å². The summed E-state index contributed by atoms with van der Waals surface area (Å²) in [6, 6.07) is 7.94. The van der Waals surface area contributed by atoms with Crippen LogP contribution in [-0.2, 0) is 6.42 Å². The fourth-order valence-corrected chi connectivity index (χ4v) is 1.61. The van der Waals surface area contributed by atoms with Crippen molar-refractivity contribution in [2.75, 3.05) is 19.0 Å². The second-order valence-electron chi connectivity index (χ2n) is 3.92. The molecule has 1 aliphatic heterocycles. The Hall–Kier alpha value is -2.15. The van der Waals surface area contributed by atoms with Gasteiger partial charge in [-0.25, -0.2) is 0 Å². The van der Waals surface area contributed by atoms with Crippen LogP contribution in [0, 0.1) is 11.3 Å². The number of nitrogens with zero attached hydrogens (tertiary/aromatic N) is 2. The van der Waals surface area contributed by atoms with Gasteiger partial charge in [-0.2, -0.15) is 5.26 Å². The van der Waals surface area contributed by atoms with Gasteiger partial charge in [-0.1, -0.05) is 6.07 Å². The number of anilines is 1. The Bertz CT molecular complexity index is 497. The minimum Gasteiger partial charge on any atom is -0.440 e. The van der Waals surface area contributed by atoms with Crippen molar-refractivity contribution in [2.45, 2.75) is 6.42 Å². The van der Waals surface area contributed by atoms with Gasteiger partial charge in [0.15, 0.2) is 0 Å². The zero-order valence-corrected chi connectivity index (χ0v) is 9.32. The minimum atomic E-state index is 0.214. The maximum Gasteiger partial charge on any atom is 0.205 e. The van der Waals surface area contributed by atoms with E-state index in [1.165, 1.54) is 0 Å². The van der Waals surface area contributed by atoms with Crippen LogP contribution < -0.4 is 15.4 Å². The molecule has 4 nitrogen and oxygen atoms in total. The Balaban J connectivity index is 2.40. The third-order valence-corrected chi connectivity index (χ3v) is 2.59. The second-order valence-corrected chi connectivity index (χ2v) is 3.92. The summed E-state index contributed by atoms with van der Waals surface area (Å²) in [6.45, 7) is 0. The molecule has 16 heavy (non-hydrogen) atoms. The van der Waals surface area contributed by atoms with E-state index in [0.717, 1.165) is 17.0 Å². The van der Waals surface area contributed by atoms with E-state index in [0.29, 0.717) is 12.0 Å². The maximum atomic E-state index is 8.85. The van der Waals surface area contributed by atoms with E-state index in [1.54, 1.807) is 0 Å². The highest BCUT2D eigenvalue weighted by atomic mass is 16.5. The van der Waals surface area contributed by atoms with Crippen molar-refractivity contribution in [3.8, 4) is 11.8 Å². The first-order chi connectivity index (χ1) is 7.61. The highest BCUT2D eigenvalue weighted by Crippen LogP contribution is 2.31. The van der Waals surface area contributed by atoms with Crippen molar-refractivity contribution < 1.29 is 4.74 Å². The number of ether oxygens (including phenoxy) is 1. The molecule has 2 rings (SSSR count). The molecular formula is C12H13N3O. The summed E-state index contributed by atoms with van der Waals surface area (Å²) in [4.78, 5) is 1.99. The van der Waals surface area contributed by atoms with Gasteiger partial charge in [0.1, 0.15) is 11.8 Å². The lowest BCUT2D eigenvalue weighted by molar-refractivity contribution is 0.399. The molecule has 0 atom stereocenters. The summed E-state index contributed by atoms with van der Waals surface area (Å²) in [7, 11) is 3.93. The molecule has 0 amide bonds. The summed E-state index contributed by atoms with van der Waals surface area (Å²) in [5.74, 6) is 0.952. The van der Waals surface area contributed by atoms with Crippen LogP contribution in [-0.4, -0.2) is 14.1 Å². The summed E-state index contributed by atoms with van der Waals surface area (Å²) in [5.41, 5.74) is 8.19. The number of hydrogen-bond acceptors (Lipinski definition) is 4. The number of hydrogen-bond donors (Lipinski definition) is 1. The van der Waals surface area contributed by atoms with E-state index in [-0.39, 0.29) is 5.88 Å². The maximum absolute atomic E-state index is 8.85. The minimum absolute atomic E-state index is 0.214. The molecule has 0 saturated heterocycles. The molecule has 0 aliphatic carbocycles. The monoisotopic (exact) mass is 215 g/mol. The number of nitrogens with two attached hydrogens (primary N) is 1. The van der Waals surface area contributed by atoms with Crippen molar-refractivity contribution in [3.63, 3.8) is 0 Å². The van der Waals surface area contributed by atoms with Crippen molar-refractivity contribution >= 4 is 5.69 Å². The normalized spacial score (nSPS) is 13.8. The number of allylic oxidation sites excluding steroid dienone is 1. The fraction of sp³-hybridized carbons (Fsp3) is 0.250. The molecule has 0 bridgehead atoms. The average Bonchev–Trinajstić information content (AvgIpc) is 2.27. The van der Waals surface area contributed by atoms with Crippen molar-refractivity contribution in [3.05, 3.63) is 35.2 Å². The van der Waals surface area contributed by atoms with Gasteiger partial charge in [-0.15, -0.1) is 0 Å². The summed E-state index contributed by atoms with van der Waals surface area (Å²) < 4.78 is 5.43. The zero-order valence-electron chi connectivity index (χ0n) is 9.32. The van der Waals surface area contributed by atoms with E-state index in [1.807, 2.05) is 37.2 Å². The molecule has 0 radical (unpaired) electrons. The highest BCUT2D eigenvalue weighted by Gasteiger charge is 2.18. The van der Waals surface area contributed by atoms with E-state index in [9.17, 15) is 0 Å². The van der Waals surface area contributed by atoms with Gasteiger partial charge in [0.25, 0.3) is 0 Å². The van der Waals surface area contributed by atoms with Gasteiger partial charge in [-0.05, 0) is 6.07 Å². The van der Waals surface area contributed by atoms with Crippen LogP contribution in [0.2, 0.25) is 0 Å². The number of nitriles is 1. The fourth-order valence-electron chi connectivity index (χ4n) is 1.61. The van der Waals surface area contributed by atoms with E-state index < -0.39 is 0 Å². The highest BCUT2D eigenvalue weighted by molar-refractivity contribution is 5.56. The molecule has 4 heteroatoms.